The fourth-order valence-electron chi connectivity index (χ4n) is 3.90. The summed E-state index contributed by atoms with van der Waals surface area (Å²) in [5.74, 6) is 1.01. The van der Waals surface area contributed by atoms with Crippen molar-refractivity contribution in [1.29, 1.82) is 0 Å². The summed E-state index contributed by atoms with van der Waals surface area (Å²) in [5, 5.41) is 11.3. The van der Waals surface area contributed by atoms with Crippen LogP contribution >= 0.6 is 35.3 Å². The van der Waals surface area contributed by atoms with Crippen LogP contribution < -0.4 is 15.5 Å². The van der Waals surface area contributed by atoms with Gasteiger partial charge in [0, 0.05) is 38.8 Å². The maximum absolute atomic E-state index is 11.9. The lowest BCUT2D eigenvalue weighted by Gasteiger charge is -2.30. The number of aliphatic imine (C=N–C) groups is 1. The third-order valence-corrected chi connectivity index (χ3v) is 6.35. The quantitative estimate of drug-likeness (QED) is 0.276. The number of nitrogens with one attached hydrogen (secondary N) is 2. The van der Waals surface area contributed by atoms with Gasteiger partial charge in [-0.1, -0.05) is 26.0 Å². The summed E-state index contributed by atoms with van der Waals surface area (Å²) in [6.45, 7) is 8.74. The first-order chi connectivity index (χ1) is 14.7. The number of anilines is 1. The standard InChI is InChI=1S/C23H33N5OS.HI/c1-4-27(5-2)21(19-12-14-30-17-19)16-26-23(24-3)25-15-18-8-10-20(11-9-18)28-13-6-7-22(28)29;/h8-12,14,17,21H,4-7,13,15-16H2,1-3H3,(H2,24,25,26);1H. The maximum Gasteiger partial charge on any atom is 0.227 e. The Morgan fingerprint density at radius 1 is 1.19 bits per heavy atom. The molecule has 1 fully saturated rings. The molecule has 2 N–H and O–H groups in total. The van der Waals surface area contributed by atoms with Crippen molar-refractivity contribution in [3.8, 4) is 0 Å². The second kappa shape index (κ2) is 13.0. The van der Waals surface area contributed by atoms with Crippen LogP contribution in [0.15, 0.2) is 46.1 Å². The van der Waals surface area contributed by atoms with Crippen molar-refractivity contribution in [2.24, 2.45) is 4.99 Å². The van der Waals surface area contributed by atoms with Crippen molar-refractivity contribution < 1.29 is 4.79 Å². The normalized spacial score (nSPS) is 15.2. The number of likely N-dealkylation sites (N-methyl/N-ethyl adjacent to an activating group) is 1. The molecule has 6 nitrogen and oxygen atoms in total. The van der Waals surface area contributed by atoms with Gasteiger partial charge in [-0.2, -0.15) is 11.3 Å². The van der Waals surface area contributed by atoms with Crippen LogP contribution in [-0.4, -0.2) is 50.0 Å². The zero-order chi connectivity index (χ0) is 21.3. The van der Waals surface area contributed by atoms with Gasteiger partial charge in [0.05, 0.1) is 6.04 Å². The predicted octanol–water partition coefficient (Wildman–Crippen LogP) is 4.24. The van der Waals surface area contributed by atoms with Gasteiger partial charge >= 0.3 is 0 Å². The van der Waals surface area contributed by atoms with Crippen LogP contribution in [-0.2, 0) is 11.3 Å². The van der Waals surface area contributed by atoms with Crippen molar-refractivity contribution in [3.63, 3.8) is 0 Å². The van der Waals surface area contributed by atoms with Crippen molar-refractivity contribution in [2.45, 2.75) is 39.3 Å². The molecule has 1 aliphatic rings. The van der Waals surface area contributed by atoms with Crippen molar-refractivity contribution in [2.75, 3.05) is 38.1 Å². The number of carbonyl (C=O) groups is 1. The number of nitrogens with zero attached hydrogens (tertiary/aromatic N) is 3. The van der Waals surface area contributed by atoms with E-state index in [1.54, 1.807) is 18.4 Å². The largest absolute Gasteiger partial charge is 0.354 e. The SMILES string of the molecule is CCN(CC)C(CNC(=NC)NCc1ccc(N2CCCC2=O)cc1)c1ccsc1.I. The van der Waals surface area contributed by atoms with Crippen molar-refractivity contribution in [1.82, 2.24) is 15.5 Å². The van der Waals surface area contributed by atoms with E-state index in [0.29, 0.717) is 19.0 Å². The fourth-order valence-corrected chi connectivity index (χ4v) is 4.61. The highest BCUT2D eigenvalue weighted by Crippen LogP contribution is 2.23. The average molecular weight is 556 g/mol. The molecule has 2 heterocycles. The molecule has 1 aliphatic heterocycles. The molecule has 1 amide bonds. The maximum atomic E-state index is 11.9. The van der Waals surface area contributed by atoms with E-state index in [1.165, 1.54) is 5.56 Å². The highest BCUT2D eigenvalue weighted by atomic mass is 127. The highest BCUT2D eigenvalue weighted by Gasteiger charge is 2.21. The van der Waals surface area contributed by atoms with Gasteiger partial charge in [0.25, 0.3) is 0 Å². The third-order valence-electron chi connectivity index (χ3n) is 5.65. The van der Waals surface area contributed by atoms with Crippen LogP contribution in [0.4, 0.5) is 5.69 Å². The van der Waals surface area contributed by atoms with E-state index in [-0.39, 0.29) is 29.9 Å². The lowest BCUT2D eigenvalue weighted by Crippen LogP contribution is -2.42. The number of carbonyl (C=O) groups excluding carboxylic acids is 1. The second-order valence-electron chi connectivity index (χ2n) is 7.42. The molecule has 2 aromatic rings. The Hall–Kier alpha value is -1.65. The van der Waals surface area contributed by atoms with Gasteiger partial charge < -0.3 is 15.5 Å². The number of hydrogen-bond donors (Lipinski definition) is 2. The van der Waals surface area contributed by atoms with Gasteiger partial charge in [-0.25, -0.2) is 0 Å². The molecule has 8 heteroatoms. The van der Waals surface area contributed by atoms with Crippen LogP contribution in [0.25, 0.3) is 0 Å². The molecular weight excluding hydrogens is 521 g/mol. The number of guanidine groups is 1. The second-order valence-corrected chi connectivity index (χ2v) is 8.20. The summed E-state index contributed by atoms with van der Waals surface area (Å²) in [5.41, 5.74) is 3.49. The molecule has 0 saturated carbocycles. The Balaban J connectivity index is 0.00000341. The van der Waals surface area contributed by atoms with Crippen LogP contribution in [0.3, 0.4) is 0 Å². The van der Waals surface area contributed by atoms with E-state index in [0.717, 1.165) is 49.8 Å². The summed E-state index contributed by atoms with van der Waals surface area (Å²) in [4.78, 5) is 20.6. The van der Waals surface area contributed by atoms with E-state index in [2.05, 4.69) is 63.3 Å². The lowest BCUT2D eigenvalue weighted by atomic mass is 10.1. The zero-order valence-corrected chi connectivity index (χ0v) is 21.8. The Morgan fingerprint density at radius 2 is 1.94 bits per heavy atom. The first-order valence-electron chi connectivity index (χ1n) is 10.8. The molecule has 0 spiro atoms. The van der Waals surface area contributed by atoms with Gasteiger partial charge in [-0.05, 0) is 59.6 Å². The van der Waals surface area contributed by atoms with E-state index in [1.807, 2.05) is 17.0 Å². The number of hydrogen-bond acceptors (Lipinski definition) is 4. The number of halogens is 1. The molecule has 1 aromatic heterocycles. The van der Waals surface area contributed by atoms with E-state index >= 15 is 0 Å². The van der Waals surface area contributed by atoms with Gasteiger partial charge in [0.1, 0.15) is 0 Å². The molecule has 170 valence electrons. The Bertz CT molecular complexity index is 821. The Labute approximate surface area is 207 Å². The van der Waals surface area contributed by atoms with E-state index in [9.17, 15) is 4.79 Å². The minimum atomic E-state index is 0. The Morgan fingerprint density at radius 3 is 2.48 bits per heavy atom. The molecule has 0 radical (unpaired) electrons. The smallest absolute Gasteiger partial charge is 0.227 e. The number of rotatable bonds is 9. The van der Waals surface area contributed by atoms with Crippen LogP contribution in [0, 0.1) is 0 Å². The van der Waals surface area contributed by atoms with Crippen LogP contribution in [0.1, 0.15) is 43.9 Å². The lowest BCUT2D eigenvalue weighted by molar-refractivity contribution is -0.117. The molecule has 31 heavy (non-hydrogen) atoms. The summed E-state index contributed by atoms with van der Waals surface area (Å²) < 4.78 is 0. The summed E-state index contributed by atoms with van der Waals surface area (Å²) in [7, 11) is 1.80. The molecule has 1 aromatic carbocycles. The fraction of sp³-hybridized carbons (Fsp3) is 0.478. The highest BCUT2D eigenvalue weighted by molar-refractivity contribution is 14.0. The van der Waals surface area contributed by atoms with Crippen molar-refractivity contribution in [3.05, 3.63) is 52.2 Å². The molecule has 1 saturated heterocycles. The molecule has 0 bridgehead atoms. The molecule has 3 rings (SSSR count). The topological polar surface area (TPSA) is 60.0 Å². The van der Waals surface area contributed by atoms with Crippen LogP contribution in [0.5, 0.6) is 0 Å². The molecule has 0 aliphatic carbocycles. The third kappa shape index (κ3) is 6.92. The van der Waals surface area contributed by atoms with Gasteiger partial charge in [0.15, 0.2) is 5.96 Å². The summed E-state index contributed by atoms with van der Waals surface area (Å²) in [6.07, 6.45) is 1.61. The minimum absolute atomic E-state index is 0. The molecular formula is C23H34IN5OS. The van der Waals surface area contributed by atoms with Gasteiger partial charge in [-0.15, -0.1) is 24.0 Å². The summed E-state index contributed by atoms with van der Waals surface area (Å²) >= 11 is 1.74. The van der Waals surface area contributed by atoms with Gasteiger partial charge in [-0.3, -0.25) is 14.7 Å². The number of amides is 1. The van der Waals surface area contributed by atoms with Crippen molar-refractivity contribution >= 4 is 52.9 Å². The first kappa shape index (κ1) is 25.6. The van der Waals surface area contributed by atoms with E-state index in [4.69, 9.17) is 0 Å². The van der Waals surface area contributed by atoms with Gasteiger partial charge in [0.2, 0.25) is 5.91 Å². The molecule has 1 unspecified atom stereocenters. The zero-order valence-electron chi connectivity index (χ0n) is 18.6. The predicted molar refractivity (Wildman–Crippen MR) is 142 cm³/mol. The average Bonchev–Trinajstić information content (AvgIpc) is 3.45. The Kier molecular flexibility index (Phi) is 10.8. The monoisotopic (exact) mass is 555 g/mol. The summed E-state index contributed by atoms with van der Waals surface area (Å²) in [6, 6.07) is 10.7. The molecule has 1 atom stereocenters. The van der Waals surface area contributed by atoms with E-state index < -0.39 is 0 Å². The van der Waals surface area contributed by atoms with Crippen LogP contribution in [0.2, 0.25) is 0 Å². The number of benzene rings is 1. The first-order valence-corrected chi connectivity index (χ1v) is 11.7. The minimum Gasteiger partial charge on any atom is -0.354 e. The number of thiophene rings is 1.